The first-order valence-electron chi connectivity index (χ1n) is 14.2. The normalized spacial score (nSPS) is 21.3. The Bertz CT molecular complexity index is 1470. The molecule has 2 aromatic rings. The summed E-state index contributed by atoms with van der Waals surface area (Å²) in [7, 11) is 0. The third-order valence-electron chi connectivity index (χ3n) is 8.43. The standard InChI is InChI=1S/C32H36N2O5S3/c1-31(2,29(38)39)14-15-32(3,4)42-21-11-9-20(10-12-21)34-24-7-5-6-22(24)23-16-19(8-13-25(23)34)17-26-28(37)33(18-27(35)36)30(40)41-26/h8-13,16-17,22,24H,5-7,14-15,18H2,1-4H3,(H,35,36)(H,38,39)/b26-17-. The zero-order valence-electron chi connectivity index (χ0n) is 24.3. The molecule has 0 radical (unpaired) electrons. The number of thioether (sulfide) groups is 2. The molecule has 3 aliphatic rings. The number of thiocarbonyl (C=S) groups is 1. The molecule has 2 heterocycles. The minimum atomic E-state index is -1.09. The summed E-state index contributed by atoms with van der Waals surface area (Å²) in [4.78, 5) is 40.7. The van der Waals surface area contributed by atoms with Gasteiger partial charge >= 0.3 is 11.9 Å². The fourth-order valence-corrected chi connectivity index (χ4v) is 8.36. The van der Waals surface area contributed by atoms with Crippen molar-refractivity contribution < 1.29 is 24.6 Å². The highest BCUT2D eigenvalue weighted by molar-refractivity contribution is 8.26. The minimum Gasteiger partial charge on any atom is -0.481 e. The number of fused-ring (bicyclic) bond motifs is 3. The maximum atomic E-state index is 12.8. The Morgan fingerprint density at radius 3 is 2.45 bits per heavy atom. The molecule has 1 saturated heterocycles. The van der Waals surface area contributed by atoms with E-state index in [0.717, 1.165) is 58.5 Å². The molecule has 1 aliphatic carbocycles. The molecule has 2 N–H and O–H groups in total. The van der Waals surface area contributed by atoms with Gasteiger partial charge in [-0.3, -0.25) is 19.3 Å². The number of rotatable bonds is 10. The van der Waals surface area contributed by atoms with Gasteiger partial charge in [0.1, 0.15) is 10.9 Å². The van der Waals surface area contributed by atoms with Crippen LogP contribution in [0.3, 0.4) is 0 Å². The van der Waals surface area contributed by atoms with E-state index in [1.165, 1.54) is 11.3 Å². The molecule has 10 heteroatoms. The number of carbonyl (C=O) groups is 3. The lowest BCUT2D eigenvalue weighted by Gasteiger charge is -2.29. The monoisotopic (exact) mass is 624 g/mol. The predicted octanol–water partition coefficient (Wildman–Crippen LogP) is 7.52. The molecule has 2 aliphatic heterocycles. The molecule has 2 fully saturated rings. The minimum absolute atomic E-state index is 0.0939. The molecule has 0 aromatic heterocycles. The summed E-state index contributed by atoms with van der Waals surface area (Å²) in [5.74, 6) is -1.79. The first-order valence-corrected chi connectivity index (χ1v) is 16.2. The molecule has 1 saturated carbocycles. The van der Waals surface area contributed by atoms with E-state index in [9.17, 15) is 19.5 Å². The van der Waals surface area contributed by atoms with E-state index in [1.54, 1.807) is 25.6 Å². The van der Waals surface area contributed by atoms with E-state index >= 15 is 0 Å². The van der Waals surface area contributed by atoms with Gasteiger partial charge in [0.05, 0.1) is 10.3 Å². The van der Waals surface area contributed by atoms with Crippen molar-refractivity contribution in [3.05, 3.63) is 58.5 Å². The average molecular weight is 625 g/mol. The Kier molecular flexibility index (Phi) is 8.53. The summed E-state index contributed by atoms with van der Waals surface area (Å²) in [5.41, 5.74) is 3.81. The first-order chi connectivity index (χ1) is 19.8. The zero-order valence-corrected chi connectivity index (χ0v) is 26.7. The third-order valence-corrected chi connectivity index (χ3v) is 11.1. The van der Waals surface area contributed by atoms with Crippen molar-refractivity contribution in [2.45, 2.75) is 81.4 Å². The Morgan fingerprint density at radius 2 is 1.79 bits per heavy atom. The van der Waals surface area contributed by atoms with Crippen molar-refractivity contribution in [3.8, 4) is 0 Å². The number of benzene rings is 2. The zero-order chi connectivity index (χ0) is 30.4. The van der Waals surface area contributed by atoms with Gasteiger partial charge in [-0.2, -0.15) is 0 Å². The van der Waals surface area contributed by atoms with Crippen molar-refractivity contribution in [2.75, 3.05) is 11.4 Å². The van der Waals surface area contributed by atoms with Crippen molar-refractivity contribution in [1.29, 1.82) is 0 Å². The molecular weight excluding hydrogens is 589 g/mol. The Morgan fingerprint density at radius 1 is 1.07 bits per heavy atom. The Balaban J connectivity index is 1.34. The van der Waals surface area contributed by atoms with Crippen LogP contribution in [0, 0.1) is 5.41 Å². The predicted molar refractivity (Wildman–Crippen MR) is 174 cm³/mol. The highest BCUT2D eigenvalue weighted by atomic mass is 32.2. The number of nitrogens with zero attached hydrogens (tertiary/aromatic N) is 2. The van der Waals surface area contributed by atoms with Crippen LogP contribution in [0.1, 0.15) is 76.8 Å². The number of carbonyl (C=O) groups excluding carboxylic acids is 1. The number of aliphatic carboxylic acids is 2. The second kappa shape index (κ2) is 11.7. The molecule has 222 valence electrons. The van der Waals surface area contributed by atoms with E-state index in [0.29, 0.717) is 23.3 Å². The lowest BCUT2D eigenvalue weighted by molar-refractivity contribution is -0.147. The number of carboxylic acid groups (broad SMARTS) is 2. The molecule has 2 unspecified atom stereocenters. The summed E-state index contributed by atoms with van der Waals surface area (Å²) in [6, 6.07) is 15.4. The summed E-state index contributed by atoms with van der Waals surface area (Å²) in [5, 5.41) is 18.6. The Labute approximate surface area is 260 Å². The second-order valence-corrected chi connectivity index (χ2v) is 16.0. The van der Waals surface area contributed by atoms with Gasteiger partial charge < -0.3 is 15.1 Å². The molecule has 2 atom stereocenters. The molecule has 7 nitrogen and oxygen atoms in total. The van der Waals surface area contributed by atoms with E-state index in [4.69, 9.17) is 17.3 Å². The highest BCUT2D eigenvalue weighted by Crippen LogP contribution is 2.53. The van der Waals surface area contributed by atoms with Crippen LogP contribution in [0.5, 0.6) is 0 Å². The third kappa shape index (κ3) is 6.26. The van der Waals surface area contributed by atoms with Crippen molar-refractivity contribution in [3.63, 3.8) is 0 Å². The molecular formula is C32H36N2O5S3. The van der Waals surface area contributed by atoms with Gasteiger partial charge in [0.2, 0.25) is 0 Å². The first kappa shape index (κ1) is 30.6. The number of hydrogen-bond acceptors (Lipinski definition) is 7. The largest absolute Gasteiger partial charge is 0.481 e. The van der Waals surface area contributed by atoms with Crippen molar-refractivity contribution >= 4 is 75.4 Å². The van der Waals surface area contributed by atoms with Crippen LogP contribution in [-0.2, 0) is 14.4 Å². The Hall–Kier alpha value is -2.82. The average Bonchev–Trinajstić information content (AvgIpc) is 3.58. The van der Waals surface area contributed by atoms with E-state index in [2.05, 4.69) is 55.1 Å². The lowest BCUT2D eigenvalue weighted by atomic mass is 9.85. The van der Waals surface area contributed by atoms with Crippen LogP contribution < -0.4 is 4.90 Å². The number of anilines is 2. The molecule has 2 aromatic carbocycles. The summed E-state index contributed by atoms with van der Waals surface area (Å²) >= 11 is 8.18. The van der Waals surface area contributed by atoms with E-state index < -0.39 is 23.9 Å². The SMILES string of the molecule is CC(C)(CCC(C)(C)C(=O)O)Sc1ccc(N2c3ccc(/C=C4\SC(=S)N(CC(=O)O)C4=O)cc3C3CCCC32)cc1. The summed E-state index contributed by atoms with van der Waals surface area (Å²) in [6.07, 6.45) is 6.64. The van der Waals surface area contributed by atoms with Crippen LogP contribution in [0.15, 0.2) is 52.3 Å². The maximum absolute atomic E-state index is 12.8. The quantitative estimate of drug-likeness (QED) is 0.158. The van der Waals surface area contributed by atoms with Crippen LogP contribution in [0.2, 0.25) is 0 Å². The highest BCUT2D eigenvalue weighted by Gasteiger charge is 2.42. The number of carboxylic acids is 2. The van der Waals surface area contributed by atoms with E-state index in [-0.39, 0.29) is 15.0 Å². The molecule has 0 bridgehead atoms. The second-order valence-electron chi connectivity index (χ2n) is 12.5. The topological polar surface area (TPSA) is 98.2 Å². The van der Waals surface area contributed by atoms with Gasteiger partial charge in [-0.05, 0) is 93.1 Å². The van der Waals surface area contributed by atoms with Gasteiger partial charge in [-0.25, -0.2) is 0 Å². The van der Waals surface area contributed by atoms with Crippen LogP contribution in [0.25, 0.3) is 6.08 Å². The fourth-order valence-electron chi connectivity index (χ4n) is 5.99. The maximum Gasteiger partial charge on any atom is 0.323 e. The number of amides is 1. The van der Waals surface area contributed by atoms with Gasteiger partial charge in [-0.1, -0.05) is 50.3 Å². The molecule has 42 heavy (non-hydrogen) atoms. The smallest absolute Gasteiger partial charge is 0.323 e. The lowest BCUT2D eigenvalue weighted by Crippen LogP contribution is -2.33. The summed E-state index contributed by atoms with van der Waals surface area (Å²) in [6.45, 7) is 7.49. The van der Waals surface area contributed by atoms with Crippen molar-refractivity contribution in [2.24, 2.45) is 5.41 Å². The van der Waals surface area contributed by atoms with Gasteiger partial charge in [0, 0.05) is 33.0 Å². The van der Waals surface area contributed by atoms with E-state index in [1.807, 2.05) is 12.1 Å². The molecule has 1 amide bonds. The summed E-state index contributed by atoms with van der Waals surface area (Å²) < 4.78 is 0.175. The molecule has 0 spiro atoms. The van der Waals surface area contributed by atoms with Gasteiger partial charge in [-0.15, -0.1) is 11.8 Å². The van der Waals surface area contributed by atoms with Crippen LogP contribution in [0.4, 0.5) is 11.4 Å². The molecule has 5 rings (SSSR count). The van der Waals surface area contributed by atoms with Crippen molar-refractivity contribution in [1.82, 2.24) is 4.90 Å². The van der Waals surface area contributed by atoms with Gasteiger partial charge in [0.25, 0.3) is 5.91 Å². The van der Waals surface area contributed by atoms with Gasteiger partial charge in [0.15, 0.2) is 0 Å². The van der Waals surface area contributed by atoms with Crippen LogP contribution >= 0.6 is 35.7 Å². The number of hydrogen-bond donors (Lipinski definition) is 2. The van der Waals surface area contributed by atoms with Crippen LogP contribution in [-0.4, -0.2) is 54.6 Å². The fraction of sp³-hybridized carbons (Fsp3) is 0.438.